The number of amidine groups is 1. The van der Waals surface area contributed by atoms with Crippen LogP contribution in [-0.2, 0) is 19.9 Å². The van der Waals surface area contributed by atoms with Crippen LogP contribution in [0.5, 0.6) is 0 Å². The van der Waals surface area contributed by atoms with Gasteiger partial charge in [0.2, 0.25) is 0 Å². The van der Waals surface area contributed by atoms with Crippen LogP contribution < -0.4 is 10.6 Å². The smallest absolute Gasteiger partial charge is 0.258 e. The van der Waals surface area contributed by atoms with E-state index in [1.54, 1.807) is 30.4 Å². The standard InChI is InChI=1S/C24H24N6O/c1-29(19-4-3-13-27-15-19)24(31)18-10-11-21-20(14-18)28-22(30(21)2)12-7-16-5-8-17(9-6-16)23(25)26/h3-6,8-11,13-15H,7,12H2,1-2H3,(H3,25,26). The van der Waals surface area contributed by atoms with E-state index in [1.807, 2.05) is 55.6 Å². The first kappa shape index (κ1) is 20.3. The molecule has 0 atom stereocenters. The first-order chi connectivity index (χ1) is 14.9. The number of amides is 1. The van der Waals surface area contributed by atoms with Gasteiger partial charge in [-0.15, -0.1) is 0 Å². The fourth-order valence-electron chi connectivity index (χ4n) is 3.58. The summed E-state index contributed by atoms with van der Waals surface area (Å²) in [5.74, 6) is 0.921. The van der Waals surface area contributed by atoms with Crippen LogP contribution in [0, 0.1) is 5.41 Å². The second-order valence-electron chi connectivity index (χ2n) is 7.48. The zero-order chi connectivity index (χ0) is 22.0. The lowest BCUT2D eigenvalue weighted by Gasteiger charge is -2.16. The van der Waals surface area contributed by atoms with Crippen molar-refractivity contribution in [2.24, 2.45) is 12.8 Å². The second kappa shape index (κ2) is 8.39. The summed E-state index contributed by atoms with van der Waals surface area (Å²) >= 11 is 0. The van der Waals surface area contributed by atoms with E-state index in [0.717, 1.165) is 46.5 Å². The van der Waals surface area contributed by atoms with E-state index in [2.05, 4.69) is 9.55 Å². The number of carbonyl (C=O) groups excluding carboxylic acids is 1. The minimum atomic E-state index is -0.104. The predicted molar refractivity (Wildman–Crippen MR) is 123 cm³/mol. The van der Waals surface area contributed by atoms with Crippen LogP contribution >= 0.6 is 0 Å². The SMILES string of the molecule is CN(C(=O)c1ccc2c(c1)nc(CCc1ccc(C(=N)N)cc1)n2C)c1cccnc1. The average Bonchev–Trinajstić information content (AvgIpc) is 3.12. The van der Waals surface area contributed by atoms with Crippen LogP contribution in [0.2, 0.25) is 0 Å². The minimum Gasteiger partial charge on any atom is -0.384 e. The molecule has 2 aromatic heterocycles. The van der Waals surface area contributed by atoms with Crippen molar-refractivity contribution in [3.05, 3.63) is 89.5 Å². The fraction of sp³-hybridized carbons (Fsp3) is 0.167. The second-order valence-corrected chi connectivity index (χ2v) is 7.48. The number of rotatable bonds is 6. The molecule has 3 N–H and O–H groups in total. The van der Waals surface area contributed by atoms with Gasteiger partial charge >= 0.3 is 0 Å². The van der Waals surface area contributed by atoms with Gasteiger partial charge in [-0.3, -0.25) is 15.2 Å². The van der Waals surface area contributed by atoms with Crippen LogP contribution in [-0.4, -0.2) is 33.3 Å². The number of nitrogen functional groups attached to an aromatic ring is 1. The maximum absolute atomic E-state index is 12.9. The summed E-state index contributed by atoms with van der Waals surface area (Å²) in [5.41, 5.74) is 10.5. The number of hydrogen-bond acceptors (Lipinski definition) is 4. The molecule has 0 saturated carbocycles. The van der Waals surface area contributed by atoms with E-state index in [4.69, 9.17) is 16.1 Å². The highest BCUT2D eigenvalue weighted by Gasteiger charge is 2.16. The molecule has 156 valence electrons. The van der Waals surface area contributed by atoms with Crippen LogP contribution in [0.25, 0.3) is 11.0 Å². The largest absolute Gasteiger partial charge is 0.384 e. The topological polar surface area (TPSA) is 101 Å². The molecule has 0 unspecified atom stereocenters. The number of nitrogens with two attached hydrogens (primary N) is 1. The third-order valence-electron chi connectivity index (χ3n) is 5.46. The van der Waals surface area contributed by atoms with Gasteiger partial charge < -0.3 is 15.2 Å². The Morgan fingerprint density at radius 2 is 1.84 bits per heavy atom. The number of imidazole rings is 1. The van der Waals surface area contributed by atoms with Gasteiger partial charge in [-0.25, -0.2) is 4.98 Å². The van der Waals surface area contributed by atoms with Gasteiger partial charge in [-0.2, -0.15) is 0 Å². The van der Waals surface area contributed by atoms with Crippen molar-refractivity contribution in [3.8, 4) is 0 Å². The highest BCUT2D eigenvalue weighted by Crippen LogP contribution is 2.21. The molecule has 4 rings (SSSR count). The van der Waals surface area contributed by atoms with Gasteiger partial charge in [0.25, 0.3) is 5.91 Å². The lowest BCUT2D eigenvalue weighted by atomic mass is 10.1. The number of pyridine rings is 1. The van der Waals surface area contributed by atoms with Crippen molar-refractivity contribution in [2.75, 3.05) is 11.9 Å². The molecule has 2 heterocycles. The van der Waals surface area contributed by atoms with E-state index in [0.29, 0.717) is 5.56 Å². The van der Waals surface area contributed by atoms with Crippen molar-refractivity contribution in [3.63, 3.8) is 0 Å². The quantitative estimate of drug-likeness (QED) is 0.375. The molecule has 0 radical (unpaired) electrons. The molecule has 2 aromatic carbocycles. The third kappa shape index (κ3) is 4.16. The van der Waals surface area contributed by atoms with Gasteiger partial charge in [0, 0.05) is 37.8 Å². The fourth-order valence-corrected chi connectivity index (χ4v) is 3.58. The van der Waals surface area contributed by atoms with Crippen molar-refractivity contribution in [2.45, 2.75) is 12.8 Å². The van der Waals surface area contributed by atoms with Crippen molar-refractivity contribution < 1.29 is 4.79 Å². The average molecular weight is 412 g/mol. The molecular weight excluding hydrogens is 388 g/mol. The first-order valence-electron chi connectivity index (χ1n) is 10.0. The zero-order valence-corrected chi connectivity index (χ0v) is 17.5. The van der Waals surface area contributed by atoms with Gasteiger partial charge in [-0.05, 0) is 42.3 Å². The molecular formula is C24H24N6O. The molecule has 0 fully saturated rings. The van der Waals surface area contributed by atoms with Crippen molar-refractivity contribution >= 4 is 28.5 Å². The molecule has 0 aliphatic carbocycles. The van der Waals surface area contributed by atoms with E-state index in [1.165, 1.54) is 0 Å². The predicted octanol–water partition coefficient (Wildman–Crippen LogP) is 3.31. The van der Waals surface area contributed by atoms with Crippen LogP contribution in [0.3, 0.4) is 0 Å². The van der Waals surface area contributed by atoms with E-state index in [9.17, 15) is 4.79 Å². The van der Waals surface area contributed by atoms with E-state index >= 15 is 0 Å². The Hall–Kier alpha value is -4.00. The normalized spacial score (nSPS) is 10.9. The number of anilines is 1. The number of aromatic nitrogens is 3. The maximum Gasteiger partial charge on any atom is 0.258 e. The van der Waals surface area contributed by atoms with Gasteiger partial charge in [-0.1, -0.05) is 24.3 Å². The lowest BCUT2D eigenvalue weighted by molar-refractivity contribution is 0.0993. The molecule has 4 aromatic rings. The molecule has 7 nitrogen and oxygen atoms in total. The number of nitrogens with zero attached hydrogens (tertiary/aromatic N) is 4. The first-order valence-corrected chi connectivity index (χ1v) is 10.0. The highest BCUT2D eigenvalue weighted by molar-refractivity contribution is 6.07. The number of fused-ring (bicyclic) bond motifs is 1. The maximum atomic E-state index is 12.9. The summed E-state index contributed by atoms with van der Waals surface area (Å²) in [5, 5.41) is 7.49. The molecule has 0 saturated heterocycles. The molecule has 0 aliphatic heterocycles. The number of aryl methyl sites for hydroxylation is 3. The van der Waals surface area contributed by atoms with E-state index in [-0.39, 0.29) is 11.7 Å². The Morgan fingerprint density at radius 1 is 1.10 bits per heavy atom. The monoisotopic (exact) mass is 412 g/mol. The van der Waals surface area contributed by atoms with Crippen LogP contribution in [0.4, 0.5) is 5.69 Å². The van der Waals surface area contributed by atoms with Gasteiger partial charge in [0.15, 0.2) is 0 Å². The molecule has 0 spiro atoms. The summed E-state index contributed by atoms with van der Waals surface area (Å²) in [4.78, 5) is 23.3. The molecule has 31 heavy (non-hydrogen) atoms. The summed E-state index contributed by atoms with van der Waals surface area (Å²) in [6.45, 7) is 0. The molecule has 0 aliphatic rings. The Labute approximate surface area is 180 Å². The van der Waals surface area contributed by atoms with Crippen LogP contribution in [0.1, 0.15) is 27.3 Å². The zero-order valence-electron chi connectivity index (χ0n) is 17.5. The number of carbonyl (C=O) groups is 1. The Morgan fingerprint density at radius 3 is 2.52 bits per heavy atom. The number of benzene rings is 2. The molecule has 0 bridgehead atoms. The molecule has 7 heteroatoms. The lowest BCUT2D eigenvalue weighted by Crippen LogP contribution is -2.26. The number of hydrogen-bond donors (Lipinski definition) is 2. The highest BCUT2D eigenvalue weighted by atomic mass is 16.2. The van der Waals surface area contributed by atoms with Gasteiger partial charge in [0.1, 0.15) is 11.7 Å². The Kier molecular flexibility index (Phi) is 5.49. The van der Waals surface area contributed by atoms with Crippen molar-refractivity contribution in [1.82, 2.24) is 14.5 Å². The molecule has 1 amide bonds. The summed E-state index contributed by atoms with van der Waals surface area (Å²) in [6.07, 6.45) is 4.94. The Bertz CT molecular complexity index is 1240. The minimum absolute atomic E-state index is 0.0708. The number of nitrogens with one attached hydrogen (secondary N) is 1. The summed E-state index contributed by atoms with van der Waals surface area (Å²) < 4.78 is 2.07. The Balaban J connectivity index is 1.53. The van der Waals surface area contributed by atoms with Gasteiger partial charge in [0.05, 0.1) is 22.9 Å². The summed E-state index contributed by atoms with van der Waals surface area (Å²) in [7, 11) is 3.73. The van der Waals surface area contributed by atoms with Crippen molar-refractivity contribution in [1.29, 1.82) is 5.41 Å². The van der Waals surface area contributed by atoms with Crippen LogP contribution in [0.15, 0.2) is 67.0 Å². The summed E-state index contributed by atoms with van der Waals surface area (Å²) in [6, 6.07) is 17.0. The van der Waals surface area contributed by atoms with E-state index < -0.39 is 0 Å². The third-order valence-corrected chi connectivity index (χ3v) is 5.46.